The number of aromatic nitrogens is 2. The Morgan fingerprint density at radius 1 is 1.14 bits per heavy atom. The summed E-state index contributed by atoms with van der Waals surface area (Å²) < 4.78 is 5.28. The molecule has 0 aliphatic heterocycles. The highest BCUT2D eigenvalue weighted by Gasteiger charge is 2.19. The molecule has 1 aromatic heterocycles. The van der Waals surface area contributed by atoms with Gasteiger partial charge in [0, 0.05) is 18.7 Å². The van der Waals surface area contributed by atoms with Crippen molar-refractivity contribution in [2.24, 2.45) is 0 Å². The number of ether oxygens (including phenoxy) is 1. The van der Waals surface area contributed by atoms with Crippen LogP contribution in [0.4, 0.5) is 4.79 Å². The average Bonchev–Trinajstić information content (AvgIpc) is 2.48. The minimum Gasteiger partial charge on any atom is -0.444 e. The molecule has 116 valence electrons. The Kier molecular flexibility index (Phi) is 5.09. The molecule has 1 heterocycles. The van der Waals surface area contributed by atoms with Crippen molar-refractivity contribution in [1.29, 1.82) is 0 Å². The minimum absolute atomic E-state index is 0.00391. The van der Waals surface area contributed by atoms with E-state index in [2.05, 4.69) is 15.5 Å². The van der Waals surface area contributed by atoms with Gasteiger partial charge in [-0.05, 0) is 38.0 Å². The quantitative estimate of drug-likeness (QED) is 0.942. The summed E-state index contributed by atoms with van der Waals surface area (Å²) in [4.78, 5) is 11.9. The van der Waals surface area contributed by atoms with E-state index < -0.39 is 11.7 Å². The number of rotatable bonds is 4. The number of carbonyl (C=O) groups is 1. The van der Waals surface area contributed by atoms with Crippen molar-refractivity contribution in [2.45, 2.75) is 32.3 Å². The zero-order valence-electron chi connectivity index (χ0n) is 13.1. The van der Waals surface area contributed by atoms with E-state index in [1.165, 1.54) is 0 Å². The van der Waals surface area contributed by atoms with Gasteiger partial charge in [-0.3, -0.25) is 0 Å². The predicted molar refractivity (Wildman–Crippen MR) is 84.6 cm³/mol. The lowest BCUT2D eigenvalue weighted by Crippen LogP contribution is -2.35. The van der Waals surface area contributed by atoms with Crippen LogP contribution >= 0.6 is 0 Å². The summed E-state index contributed by atoms with van der Waals surface area (Å²) in [5.74, 6) is 0.00391. The predicted octanol–water partition coefficient (Wildman–Crippen LogP) is 3.13. The molecule has 0 unspecified atom stereocenters. The normalized spacial score (nSPS) is 12.5. The summed E-state index contributed by atoms with van der Waals surface area (Å²) in [5, 5.41) is 10.6. The molecule has 0 aliphatic carbocycles. The van der Waals surface area contributed by atoms with Gasteiger partial charge in [0.05, 0.1) is 6.20 Å². The number of nitrogens with zero attached hydrogens (tertiary/aromatic N) is 2. The third kappa shape index (κ3) is 4.84. The van der Waals surface area contributed by atoms with E-state index in [1.54, 1.807) is 12.4 Å². The van der Waals surface area contributed by atoms with E-state index >= 15 is 0 Å². The van der Waals surface area contributed by atoms with E-state index in [0.29, 0.717) is 6.54 Å². The van der Waals surface area contributed by atoms with Gasteiger partial charge in [-0.25, -0.2) is 4.79 Å². The standard InChI is InChI=1S/C17H21N3O2/c1-17(2,3)22-16(21)18-12-15(13-7-5-4-6-8-13)14-9-10-19-20-11-14/h4-11,15H,12H2,1-3H3,(H,18,21)/t15-/m0/s1. The van der Waals surface area contributed by atoms with Crippen LogP contribution in [0, 0.1) is 0 Å². The fraction of sp³-hybridized carbons (Fsp3) is 0.353. The lowest BCUT2D eigenvalue weighted by molar-refractivity contribution is 0.0526. The monoisotopic (exact) mass is 299 g/mol. The maximum Gasteiger partial charge on any atom is 0.407 e. The van der Waals surface area contributed by atoms with Crippen LogP contribution in [0.15, 0.2) is 48.8 Å². The SMILES string of the molecule is CC(C)(C)OC(=O)NC[C@@H](c1ccccc1)c1ccnnc1. The molecule has 1 N–H and O–H groups in total. The van der Waals surface area contributed by atoms with Crippen molar-refractivity contribution >= 4 is 6.09 Å². The zero-order chi connectivity index (χ0) is 16.0. The number of alkyl carbamates (subject to hydrolysis) is 1. The van der Waals surface area contributed by atoms with Crippen molar-refractivity contribution in [3.05, 3.63) is 59.9 Å². The van der Waals surface area contributed by atoms with E-state index in [9.17, 15) is 4.79 Å². The van der Waals surface area contributed by atoms with Crippen LogP contribution in [0.25, 0.3) is 0 Å². The Hall–Kier alpha value is -2.43. The number of hydrogen-bond donors (Lipinski definition) is 1. The van der Waals surface area contributed by atoms with Crippen molar-refractivity contribution in [3.63, 3.8) is 0 Å². The molecule has 2 rings (SSSR count). The molecule has 0 aliphatic rings. The third-order valence-corrected chi connectivity index (χ3v) is 3.06. The maximum absolute atomic E-state index is 11.9. The highest BCUT2D eigenvalue weighted by Crippen LogP contribution is 2.23. The highest BCUT2D eigenvalue weighted by molar-refractivity contribution is 5.67. The second kappa shape index (κ2) is 7.02. The number of benzene rings is 1. The first-order valence-corrected chi connectivity index (χ1v) is 7.24. The summed E-state index contributed by atoms with van der Waals surface area (Å²) in [6, 6.07) is 11.9. The maximum atomic E-state index is 11.9. The molecule has 0 radical (unpaired) electrons. The van der Waals surface area contributed by atoms with Crippen molar-refractivity contribution in [2.75, 3.05) is 6.54 Å². The smallest absolute Gasteiger partial charge is 0.407 e. The number of nitrogens with one attached hydrogen (secondary N) is 1. The summed E-state index contributed by atoms with van der Waals surface area (Å²) >= 11 is 0. The number of hydrogen-bond acceptors (Lipinski definition) is 4. The molecular formula is C17H21N3O2. The molecule has 0 bridgehead atoms. The van der Waals surface area contributed by atoms with Gasteiger partial charge in [-0.2, -0.15) is 10.2 Å². The van der Waals surface area contributed by atoms with Crippen LogP contribution in [0.3, 0.4) is 0 Å². The molecule has 0 saturated heterocycles. The molecule has 2 aromatic rings. The lowest BCUT2D eigenvalue weighted by Gasteiger charge is -2.22. The molecule has 0 fully saturated rings. The van der Waals surface area contributed by atoms with Gasteiger partial charge >= 0.3 is 6.09 Å². The van der Waals surface area contributed by atoms with Gasteiger partial charge in [0.2, 0.25) is 0 Å². The minimum atomic E-state index is -0.509. The molecule has 0 saturated carbocycles. The topological polar surface area (TPSA) is 64.1 Å². The van der Waals surface area contributed by atoms with Gasteiger partial charge in [0.15, 0.2) is 0 Å². The number of carbonyl (C=O) groups excluding carboxylic acids is 1. The fourth-order valence-corrected chi connectivity index (χ4v) is 2.12. The van der Waals surface area contributed by atoms with Crippen LogP contribution in [-0.2, 0) is 4.74 Å². The second-order valence-corrected chi connectivity index (χ2v) is 6.02. The molecular weight excluding hydrogens is 278 g/mol. The summed E-state index contributed by atoms with van der Waals surface area (Å²) in [6.45, 7) is 5.96. The van der Waals surface area contributed by atoms with E-state index in [0.717, 1.165) is 11.1 Å². The Balaban J connectivity index is 2.11. The van der Waals surface area contributed by atoms with Crippen LogP contribution in [0.2, 0.25) is 0 Å². The number of amides is 1. The Labute approximate surface area is 130 Å². The van der Waals surface area contributed by atoms with Crippen LogP contribution in [-0.4, -0.2) is 28.4 Å². The largest absolute Gasteiger partial charge is 0.444 e. The fourth-order valence-electron chi connectivity index (χ4n) is 2.12. The second-order valence-electron chi connectivity index (χ2n) is 6.02. The summed E-state index contributed by atoms with van der Waals surface area (Å²) in [6.07, 6.45) is 2.95. The zero-order valence-corrected chi connectivity index (χ0v) is 13.1. The summed E-state index contributed by atoms with van der Waals surface area (Å²) in [5.41, 5.74) is 1.59. The Bertz CT molecular complexity index is 555. The van der Waals surface area contributed by atoms with Crippen LogP contribution in [0.1, 0.15) is 37.8 Å². The summed E-state index contributed by atoms with van der Waals surface area (Å²) in [7, 11) is 0. The van der Waals surface area contributed by atoms with Crippen molar-refractivity contribution in [3.8, 4) is 0 Å². The van der Waals surface area contributed by atoms with Gasteiger partial charge in [-0.1, -0.05) is 30.3 Å². The molecule has 5 heteroatoms. The van der Waals surface area contributed by atoms with Crippen molar-refractivity contribution in [1.82, 2.24) is 15.5 Å². The van der Waals surface area contributed by atoms with E-state index in [1.807, 2.05) is 57.2 Å². The first-order valence-electron chi connectivity index (χ1n) is 7.24. The molecule has 22 heavy (non-hydrogen) atoms. The van der Waals surface area contributed by atoms with Crippen LogP contribution in [0.5, 0.6) is 0 Å². The van der Waals surface area contributed by atoms with E-state index in [4.69, 9.17) is 4.74 Å². The molecule has 0 spiro atoms. The lowest BCUT2D eigenvalue weighted by atomic mass is 9.93. The van der Waals surface area contributed by atoms with Crippen LogP contribution < -0.4 is 5.32 Å². The molecule has 5 nitrogen and oxygen atoms in total. The molecule has 1 aromatic carbocycles. The third-order valence-electron chi connectivity index (χ3n) is 3.06. The highest BCUT2D eigenvalue weighted by atomic mass is 16.6. The van der Waals surface area contributed by atoms with Gasteiger partial charge in [-0.15, -0.1) is 0 Å². The first kappa shape index (κ1) is 15.9. The Morgan fingerprint density at radius 2 is 1.86 bits per heavy atom. The van der Waals surface area contributed by atoms with Gasteiger partial charge in [0.1, 0.15) is 5.60 Å². The van der Waals surface area contributed by atoms with Crippen molar-refractivity contribution < 1.29 is 9.53 Å². The first-order chi connectivity index (χ1) is 10.5. The molecule has 1 amide bonds. The average molecular weight is 299 g/mol. The molecule has 1 atom stereocenters. The van der Waals surface area contributed by atoms with E-state index in [-0.39, 0.29) is 5.92 Å². The van der Waals surface area contributed by atoms with Gasteiger partial charge < -0.3 is 10.1 Å². The van der Waals surface area contributed by atoms with Gasteiger partial charge in [0.25, 0.3) is 0 Å². The Morgan fingerprint density at radius 3 is 2.45 bits per heavy atom.